The predicted octanol–water partition coefficient (Wildman–Crippen LogP) is 4.01. The second kappa shape index (κ2) is 6.93. The predicted molar refractivity (Wildman–Crippen MR) is 109 cm³/mol. The van der Waals surface area contributed by atoms with Crippen LogP contribution in [0.2, 0.25) is 0 Å². The maximum Gasteiger partial charge on any atom is 0.255 e. The Balaban J connectivity index is 1.59. The molecule has 0 radical (unpaired) electrons. The highest BCUT2D eigenvalue weighted by atomic mass is 16.1. The molecule has 1 atom stereocenters. The standard InChI is InChI=1S/C22H27N5O/c1-14-17(12-23-26-14)21(28)25-19-6-5-7-20-18(19)13-24-27(20)16-10-8-15(9-11-16)22(2,3)4/h8-13,19H,5-7H2,1-4H3,(H,23,26)(H,25,28)/t19-/m0/s1. The Morgan fingerprint density at radius 3 is 2.61 bits per heavy atom. The minimum Gasteiger partial charge on any atom is -0.345 e. The Kier molecular flexibility index (Phi) is 4.57. The Morgan fingerprint density at radius 2 is 1.96 bits per heavy atom. The van der Waals surface area contributed by atoms with Crippen molar-refractivity contribution in [1.29, 1.82) is 0 Å². The molecule has 0 aliphatic heterocycles. The van der Waals surface area contributed by atoms with E-state index < -0.39 is 0 Å². The molecule has 28 heavy (non-hydrogen) atoms. The molecule has 1 aliphatic carbocycles. The number of aromatic nitrogens is 4. The Morgan fingerprint density at radius 1 is 1.21 bits per heavy atom. The van der Waals surface area contributed by atoms with Crippen LogP contribution in [0.15, 0.2) is 36.7 Å². The van der Waals surface area contributed by atoms with E-state index in [0.717, 1.165) is 36.2 Å². The summed E-state index contributed by atoms with van der Waals surface area (Å²) in [5.41, 5.74) is 6.16. The first-order chi connectivity index (χ1) is 13.3. The number of aryl methyl sites for hydroxylation is 1. The van der Waals surface area contributed by atoms with Crippen molar-refractivity contribution in [3.8, 4) is 5.69 Å². The molecule has 6 nitrogen and oxygen atoms in total. The number of carbonyl (C=O) groups is 1. The molecule has 146 valence electrons. The molecule has 3 aromatic rings. The molecular weight excluding hydrogens is 350 g/mol. The van der Waals surface area contributed by atoms with E-state index in [9.17, 15) is 4.79 Å². The van der Waals surface area contributed by atoms with Gasteiger partial charge in [0.15, 0.2) is 0 Å². The average molecular weight is 377 g/mol. The molecule has 0 unspecified atom stereocenters. The third-order valence-corrected chi connectivity index (χ3v) is 5.54. The van der Waals surface area contributed by atoms with Crippen LogP contribution in [0.25, 0.3) is 5.69 Å². The highest BCUT2D eigenvalue weighted by Crippen LogP contribution is 2.32. The number of amides is 1. The number of nitrogens with zero attached hydrogens (tertiary/aromatic N) is 3. The summed E-state index contributed by atoms with van der Waals surface area (Å²) < 4.78 is 2.02. The van der Waals surface area contributed by atoms with Gasteiger partial charge in [-0.25, -0.2) is 4.68 Å². The molecule has 2 N–H and O–H groups in total. The van der Waals surface area contributed by atoms with Crippen LogP contribution in [0.4, 0.5) is 0 Å². The molecule has 1 aromatic carbocycles. The lowest BCUT2D eigenvalue weighted by atomic mass is 9.87. The zero-order valence-electron chi connectivity index (χ0n) is 16.9. The van der Waals surface area contributed by atoms with Crippen LogP contribution in [-0.2, 0) is 11.8 Å². The largest absolute Gasteiger partial charge is 0.345 e. The molecule has 0 saturated carbocycles. The van der Waals surface area contributed by atoms with E-state index in [4.69, 9.17) is 0 Å². The summed E-state index contributed by atoms with van der Waals surface area (Å²) in [4.78, 5) is 12.6. The summed E-state index contributed by atoms with van der Waals surface area (Å²) in [6.07, 6.45) is 6.39. The van der Waals surface area contributed by atoms with Gasteiger partial charge in [-0.15, -0.1) is 0 Å². The van der Waals surface area contributed by atoms with E-state index in [2.05, 4.69) is 65.6 Å². The molecule has 0 spiro atoms. The maximum atomic E-state index is 12.6. The topological polar surface area (TPSA) is 75.6 Å². The molecule has 0 bridgehead atoms. The van der Waals surface area contributed by atoms with Crippen LogP contribution in [-0.4, -0.2) is 25.9 Å². The number of aromatic amines is 1. The van der Waals surface area contributed by atoms with E-state index in [1.54, 1.807) is 6.20 Å². The van der Waals surface area contributed by atoms with Crippen LogP contribution in [0.3, 0.4) is 0 Å². The maximum absolute atomic E-state index is 12.6. The minimum atomic E-state index is -0.0913. The summed E-state index contributed by atoms with van der Waals surface area (Å²) in [5.74, 6) is -0.0913. The number of fused-ring (bicyclic) bond motifs is 1. The molecule has 2 heterocycles. The zero-order chi connectivity index (χ0) is 19.9. The lowest BCUT2D eigenvalue weighted by Crippen LogP contribution is -2.31. The fourth-order valence-corrected chi connectivity index (χ4v) is 3.85. The van der Waals surface area contributed by atoms with Crippen molar-refractivity contribution < 1.29 is 4.79 Å². The van der Waals surface area contributed by atoms with E-state index in [1.165, 1.54) is 11.3 Å². The van der Waals surface area contributed by atoms with Crippen molar-refractivity contribution in [1.82, 2.24) is 25.3 Å². The van der Waals surface area contributed by atoms with Crippen molar-refractivity contribution in [2.75, 3.05) is 0 Å². The molecule has 4 rings (SSSR count). The van der Waals surface area contributed by atoms with Crippen LogP contribution >= 0.6 is 0 Å². The second-order valence-corrected chi connectivity index (χ2v) is 8.58. The first-order valence-electron chi connectivity index (χ1n) is 9.83. The average Bonchev–Trinajstić information content (AvgIpc) is 3.28. The normalized spacial score (nSPS) is 16.6. The summed E-state index contributed by atoms with van der Waals surface area (Å²) in [5, 5.41) is 14.6. The van der Waals surface area contributed by atoms with Crippen LogP contribution in [0.1, 0.15) is 72.5 Å². The number of nitrogens with one attached hydrogen (secondary N) is 2. The number of carbonyl (C=O) groups excluding carboxylic acids is 1. The van der Waals surface area contributed by atoms with E-state index in [-0.39, 0.29) is 17.4 Å². The summed E-state index contributed by atoms with van der Waals surface area (Å²) in [6, 6.07) is 8.59. The van der Waals surface area contributed by atoms with E-state index >= 15 is 0 Å². The summed E-state index contributed by atoms with van der Waals surface area (Å²) in [6.45, 7) is 8.50. The van der Waals surface area contributed by atoms with Gasteiger partial charge in [0.05, 0.1) is 29.7 Å². The van der Waals surface area contributed by atoms with E-state index in [0.29, 0.717) is 5.56 Å². The fourth-order valence-electron chi connectivity index (χ4n) is 3.85. The van der Waals surface area contributed by atoms with Gasteiger partial charge in [0, 0.05) is 17.0 Å². The molecule has 0 fully saturated rings. The minimum absolute atomic E-state index is 0.0202. The smallest absolute Gasteiger partial charge is 0.255 e. The fraction of sp³-hybridized carbons (Fsp3) is 0.409. The SMILES string of the molecule is Cc1[nH]ncc1C(=O)N[C@H]1CCCc2c1cnn2-c1ccc(C(C)(C)C)cc1. The van der Waals surface area contributed by atoms with Crippen molar-refractivity contribution >= 4 is 5.91 Å². The van der Waals surface area contributed by atoms with Crippen LogP contribution < -0.4 is 5.32 Å². The van der Waals surface area contributed by atoms with Crippen LogP contribution in [0, 0.1) is 6.92 Å². The van der Waals surface area contributed by atoms with Gasteiger partial charge in [-0.3, -0.25) is 9.89 Å². The summed E-state index contributed by atoms with van der Waals surface area (Å²) >= 11 is 0. The number of H-pyrrole nitrogens is 1. The monoisotopic (exact) mass is 377 g/mol. The Labute approximate surface area is 165 Å². The van der Waals surface area contributed by atoms with Gasteiger partial charge in [-0.2, -0.15) is 10.2 Å². The van der Waals surface area contributed by atoms with Crippen molar-refractivity contribution in [3.63, 3.8) is 0 Å². The lowest BCUT2D eigenvalue weighted by molar-refractivity contribution is 0.0932. The number of hydrogen-bond acceptors (Lipinski definition) is 3. The zero-order valence-corrected chi connectivity index (χ0v) is 16.9. The second-order valence-electron chi connectivity index (χ2n) is 8.58. The first-order valence-corrected chi connectivity index (χ1v) is 9.83. The summed E-state index contributed by atoms with van der Waals surface area (Å²) in [7, 11) is 0. The number of rotatable bonds is 3. The molecule has 2 aromatic heterocycles. The van der Waals surface area contributed by atoms with Gasteiger partial charge in [0.1, 0.15) is 0 Å². The molecular formula is C22H27N5O. The van der Waals surface area contributed by atoms with Gasteiger partial charge >= 0.3 is 0 Å². The quantitative estimate of drug-likeness (QED) is 0.724. The first kappa shape index (κ1) is 18.5. The number of hydrogen-bond donors (Lipinski definition) is 2. The lowest BCUT2D eigenvalue weighted by Gasteiger charge is -2.24. The molecule has 0 saturated heterocycles. The third kappa shape index (κ3) is 3.35. The molecule has 1 aliphatic rings. The van der Waals surface area contributed by atoms with Gasteiger partial charge in [-0.1, -0.05) is 32.9 Å². The van der Waals surface area contributed by atoms with Gasteiger partial charge in [0.2, 0.25) is 0 Å². The van der Waals surface area contributed by atoms with Crippen LogP contribution in [0.5, 0.6) is 0 Å². The van der Waals surface area contributed by atoms with Crippen molar-refractivity contribution in [2.45, 2.75) is 58.4 Å². The third-order valence-electron chi connectivity index (χ3n) is 5.54. The highest BCUT2D eigenvalue weighted by molar-refractivity contribution is 5.95. The van der Waals surface area contributed by atoms with Crippen molar-refractivity contribution in [2.24, 2.45) is 0 Å². The molecule has 1 amide bonds. The van der Waals surface area contributed by atoms with Crippen molar-refractivity contribution in [3.05, 3.63) is 64.7 Å². The highest BCUT2D eigenvalue weighted by Gasteiger charge is 2.27. The van der Waals surface area contributed by atoms with Gasteiger partial charge < -0.3 is 5.32 Å². The Bertz CT molecular complexity index is 991. The number of benzene rings is 1. The van der Waals surface area contributed by atoms with Gasteiger partial charge in [-0.05, 0) is 49.3 Å². The molecule has 6 heteroatoms. The Hall–Kier alpha value is -2.89. The van der Waals surface area contributed by atoms with Gasteiger partial charge in [0.25, 0.3) is 5.91 Å². The van der Waals surface area contributed by atoms with E-state index in [1.807, 2.05) is 17.8 Å².